The largest absolute Gasteiger partial charge is 0.385 e. The maximum Gasteiger partial charge on any atom is 0.239 e. The van der Waals surface area contributed by atoms with Gasteiger partial charge in [0.15, 0.2) is 5.96 Å². The van der Waals surface area contributed by atoms with Crippen LogP contribution in [0.1, 0.15) is 12.0 Å². The molecule has 0 spiro atoms. The molecule has 1 heterocycles. The highest BCUT2D eigenvalue weighted by molar-refractivity contribution is 14.0. The minimum atomic E-state index is 0. The van der Waals surface area contributed by atoms with Crippen molar-refractivity contribution in [1.29, 1.82) is 0 Å². The van der Waals surface area contributed by atoms with Crippen molar-refractivity contribution in [2.24, 2.45) is 4.99 Å². The topological polar surface area (TPSA) is 78.0 Å². The molecule has 140 valence electrons. The molecule has 0 atom stereocenters. The lowest BCUT2D eigenvalue weighted by atomic mass is 10.2. The van der Waals surface area contributed by atoms with Crippen LogP contribution >= 0.6 is 24.0 Å². The van der Waals surface area contributed by atoms with Crippen molar-refractivity contribution in [2.75, 3.05) is 51.8 Å². The van der Waals surface area contributed by atoms with Gasteiger partial charge in [-0.25, -0.2) is 0 Å². The molecule has 0 aromatic heterocycles. The number of anilines is 1. The quantitative estimate of drug-likeness (QED) is 0.244. The van der Waals surface area contributed by atoms with Gasteiger partial charge in [-0.1, -0.05) is 12.1 Å². The number of halogens is 1. The minimum absolute atomic E-state index is 0. The number of guanidine groups is 1. The zero-order valence-electron chi connectivity index (χ0n) is 14.9. The maximum atomic E-state index is 11.5. The van der Waals surface area contributed by atoms with Gasteiger partial charge in [0, 0.05) is 52.6 Å². The Morgan fingerprint density at radius 1 is 1.32 bits per heavy atom. The summed E-state index contributed by atoms with van der Waals surface area (Å²) < 4.78 is 5.03. The lowest BCUT2D eigenvalue weighted by Gasteiger charge is -2.28. The number of nitrogens with one attached hydrogen (secondary N) is 3. The molecule has 1 saturated heterocycles. The van der Waals surface area contributed by atoms with Crippen molar-refractivity contribution >= 4 is 41.5 Å². The van der Waals surface area contributed by atoms with E-state index in [1.807, 2.05) is 0 Å². The van der Waals surface area contributed by atoms with E-state index >= 15 is 0 Å². The van der Waals surface area contributed by atoms with Crippen LogP contribution in [0.2, 0.25) is 0 Å². The van der Waals surface area contributed by atoms with Gasteiger partial charge in [-0.3, -0.25) is 9.79 Å². The Morgan fingerprint density at radius 3 is 2.72 bits per heavy atom. The van der Waals surface area contributed by atoms with Crippen LogP contribution < -0.4 is 20.9 Å². The predicted molar refractivity (Wildman–Crippen MR) is 112 cm³/mol. The fraction of sp³-hybridized carbons (Fsp3) is 0.529. The molecule has 7 nitrogen and oxygen atoms in total. The maximum absolute atomic E-state index is 11.5. The van der Waals surface area contributed by atoms with Gasteiger partial charge in [0.1, 0.15) is 0 Å². The van der Waals surface area contributed by atoms with Gasteiger partial charge in [0.25, 0.3) is 0 Å². The predicted octanol–water partition coefficient (Wildman–Crippen LogP) is 0.942. The van der Waals surface area contributed by atoms with Gasteiger partial charge in [0.05, 0.1) is 6.54 Å². The summed E-state index contributed by atoms with van der Waals surface area (Å²) in [5.41, 5.74) is 2.25. The van der Waals surface area contributed by atoms with Crippen LogP contribution in [0.4, 0.5) is 5.69 Å². The van der Waals surface area contributed by atoms with Crippen molar-refractivity contribution < 1.29 is 9.53 Å². The van der Waals surface area contributed by atoms with Crippen LogP contribution in [0, 0.1) is 0 Å². The molecule has 8 heteroatoms. The standard InChI is InChI=1S/C17H27N5O2.HI/c1-18-17(20-8-3-11-24-2)21-12-14-4-6-15(7-5-14)22-10-9-19-16(23)13-22;/h4-7H,3,8-13H2,1-2H3,(H,19,23)(H2,18,20,21);1H. The van der Waals surface area contributed by atoms with E-state index in [4.69, 9.17) is 4.74 Å². The van der Waals surface area contributed by atoms with E-state index in [0.717, 1.165) is 37.8 Å². The van der Waals surface area contributed by atoms with E-state index in [9.17, 15) is 4.79 Å². The van der Waals surface area contributed by atoms with Crippen LogP contribution in [-0.2, 0) is 16.1 Å². The van der Waals surface area contributed by atoms with E-state index < -0.39 is 0 Å². The molecule has 1 aliphatic rings. The normalized spacial score (nSPS) is 14.6. The molecular weight excluding hydrogens is 433 g/mol. The van der Waals surface area contributed by atoms with Crippen LogP contribution in [-0.4, -0.2) is 58.8 Å². The number of hydrogen-bond acceptors (Lipinski definition) is 4. The van der Waals surface area contributed by atoms with Crippen LogP contribution in [0.15, 0.2) is 29.3 Å². The molecule has 0 unspecified atom stereocenters. The van der Waals surface area contributed by atoms with Gasteiger partial charge in [-0.05, 0) is 24.1 Å². The molecule has 0 saturated carbocycles. The number of amides is 1. The van der Waals surface area contributed by atoms with Gasteiger partial charge in [0.2, 0.25) is 5.91 Å². The Labute approximate surface area is 166 Å². The Morgan fingerprint density at radius 2 is 2.08 bits per heavy atom. The average molecular weight is 461 g/mol. The zero-order chi connectivity index (χ0) is 17.2. The molecule has 25 heavy (non-hydrogen) atoms. The Bertz CT molecular complexity index is 550. The summed E-state index contributed by atoms with van der Waals surface area (Å²) in [6.07, 6.45) is 0.940. The number of carbonyl (C=O) groups excluding carboxylic acids is 1. The number of rotatable bonds is 7. The Balaban J connectivity index is 0.00000312. The molecule has 2 rings (SSSR count). The molecule has 0 bridgehead atoms. The van der Waals surface area contributed by atoms with Gasteiger partial charge >= 0.3 is 0 Å². The smallest absolute Gasteiger partial charge is 0.239 e. The summed E-state index contributed by atoms with van der Waals surface area (Å²) in [6, 6.07) is 8.27. The Kier molecular flexibility index (Phi) is 10.2. The molecule has 1 aromatic rings. The van der Waals surface area contributed by atoms with E-state index in [1.54, 1.807) is 14.2 Å². The Hall–Kier alpha value is -1.55. The van der Waals surface area contributed by atoms with Crippen molar-refractivity contribution in [3.05, 3.63) is 29.8 Å². The molecule has 1 aliphatic heterocycles. The number of methoxy groups -OCH3 is 1. The van der Waals surface area contributed by atoms with Crippen molar-refractivity contribution in [2.45, 2.75) is 13.0 Å². The number of benzene rings is 1. The van der Waals surface area contributed by atoms with E-state index in [1.165, 1.54) is 5.56 Å². The summed E-state index contributed by atoms with van der Waals surface area (Å²) in [5, 5.41) is 9.38. The second-order valence-corrected chi connectivity index (χ2v) is 5.64. The minimum Gasteiger partial charge on any atom is -0.385 e. The average Bonchev–Trinajstić information content (AvgIpc) is 2.61. The van der Waals surface area contributed by atoms with E-state index in [0.29, 0.717) is 19.6 Å². The summed E-state index contributed by atoms with van der Waals surface area (Å²) in [7, 11) is 3.46. The lowest BCUT2D eigenvalue weighted by molar-refractivity contribution is -0.120. The molecule has 1 fully saturated rings. The molecule has 3 N–H and O–H groups in total. The van der Waals surface area contributed by atoms with Crippen molar-refractivity contribution in [1.82, 2.24) is 16.0 Å². The molecule has 1 amide bonds. The first-order valence-corrected chi connectivity index (χ1v) is 8.27. The van der Waals surface area contributed by atoms with Crippen LogP contribution in [0.3, 0.4) is 0 Å². The number of ether oxygens (including phenoxy) is 1. The van der Waals surface area contributed by atoms with Gasteiger partial charge < -0.3 is 25.6 Å². The van der Waals surface area contributed by atoms with Gasteiger partial charge in [-0.15, -0.1) is 24.0 Å². The zero-order valence-corrected chi connectivity index (χ0v) is 17.2. The molecule has 1 aromatic carbocycles. The number of piperazine rings is 1. The first-order valence-electron chi connectivity index (χ1n) is 8.27. The van der Waals surface area contributed by atoms with Crippen molar-refractivity contribution in [3.63, 3.8) is 0 Å². The second kappa shape index (κ2) is 11.9. The monoisotopic (exact) mass is 461 g/mol. The molecule has 0 radical (unpaired) electrons. The third-order valence-electron chi connectivity index (χ3n) is 3.84. The summed E-state index contributed by atoms with van der Waals surface area (Å²) in [6.45, 7) is 4.23. The van der Waals surface area contributed by atoms with Gasteiger partial charge in [-0.2, -0.15) is 0 Å². The van der Waals surface area contributed by atoms with Crippen LogP contribution in [0.25, 0.3) is 0 Å². The first-order chi connectivity index (χ1) is 11.7. The second-order valence-electron chi connectivity index (χ2n) is 5.64. The fourth-order valence-corrected chi connectivity index (χ4v) is 2.51. The highest BCUT2D eigenvalue weighted by atomic mass is 127. The SMILES string of the molecule is CN=C(NCCCOC)NCc1ccc(N2CCNC(=O)C2)cc1.I. The van der Waals surface area contributed by atoms with E-state index in [-0.39, 0.29) is 29.9 Å². The highest BCUT2D eigenvalue weighted by Gasteiger charge is 2.16. The number of hydrogen-bond donors (Lipinski definition) is 3. The third-order valence-corrected chi connectivity index (χ3v) is 3.84. The molecule has 0 aliphatic carbocycles. The lowest BCUT2D eigenvalue weighted by Crippen LogP contribution is -2.47. The van der Waals surface area contributed by atoms with Crippen LogP contribution in [0.5, 0.6) is 0 Å². The number of carbonyl (C=O) groups is 1. The third kappa shape index (κ3) is 7.47. The summed E-state index contributed by atoms with van der Waals surface area (Å²) >= 11 is 0. The fourth-order valence-electron chi connectivity index (χ4n) is 2.51. The number of nitrogens with zero attached hydrogens (tertiary/aromatic N) is 2. The summed E-state index contributed by atoms with van der Waals surface area (Å²) in [4.78, 5) is 17.8. The van der Waals surface area contributed by atoms with Crippen molar-refractivity contribution in [3.8, 4) is 0 Å². The number of aliphatic imine (C=N–C) groups is 1. The molecular formula is C17H28IN5O2. The highest BCUT2D eigenvalue weighted by Crippen LogP contribution is 2.15. The van der Waals surface area contributed by atoms with E-state index in [2.05, 4.69) is 50.1 Å². The first kappa shape index (κ1) is 21.5. The summed E-state index contributed by atoms with van der Waals surface area (Å²) in [5.74, 6) is 0.859.